The zero-order chi connectivity index (χ0) is 25.8. The first-order valence-corrected chi connectivity index (χ1v) is 10.6. The van der Waals surface area contributed by atoms with Gasteiger partial charge in [0.2, 0.25) is 0 Å². The molecule has 156 valence electrons. The second kappa shape index (κ2) is 13.4. The first kappa shape index (κ1) is 16.1. The van der Waals surface area contributed by atoms with Crippen LogP contribution in [-0.4, -0.2) is 69.8 Å². The van der Waals surface area contributed by atoms with Crippen molar-refractivity contribution in [3.05, 3.63) is 71.8 Å². The fourth-order valence-corrected chi connectivity index (χ4v) is 2.56. The summed E-state index contributed by atoms with van der Waals surface area (Å²) in [6, 6.07) is 18.5. The summed E-state index contributed by atoms with van der Waals surface area (Å²) < 4.78 is 70.4. The lowest BCUT2D eigenvalue weighted by molar-refractivity contribution is 0.217. The first-order chi connectivity index (χ1) is 15.7. The van der Waals surface area contributed by atoms with Gasteiger partial charge < -0.3 is 5.11 Å². The average molecular weight is 415 g/mol. The molecule has 0 bridgehead atoms. The molecule has 0 unspecified atom stereocenters. The monoisotopic (exact) mass is 414 g/mol. The highest BCUT2D eigenvalue weighted by atomic mass is 32.2. The molecule has 2 aromatic carbocycles. The molecule has 0 aliphatic rings. The Morgan fingerprint density at radius 2 is 1.36 bits per heavy atom. The summed E-state index contributed by atoms with van der Waals surface area (Å²) in [6.07, 6.45) is 0.934. The van der Waals surface area contributed by atoms with E-state index in [0.29, 0.717) is 6.54 Å². The summed E-state index contributed by atoms with van der Waals surface area (Å²) in [5, 5.41) is 8.79. The maximum atomic E-state index is 10.8. The third kappa shape index (κ3) is 12.6. The SMILES string of the molecule is [2H]C([2H])([2H])N(CCO)Cc1ccccc1.[2H]C([2H])([2H])N(CCOS(C)(=O)=O)Cc1ccccc1. The third-order valence-corrected chi connectivity index (χ3v) is 4.06. The van der Waals surface area contributed by atoms with Gasteiger partial charge in [-0.15, -0.1) is 0 Å². The van der Waals surface area contributed by atoms with Crippen molar-refractivity contribution in [1.82, 2.24) is 9.80 Å². The van der Waals surface area contributed by atoms with E-state index >= 15 is 0 Å². The van der Waals surface area contributed by atoms with Gasteiger partial charge in [-0.05, 0) is 25.1 Å². The van der Waals surface area contributed by atoms with Crippen LogP contribution in [0.25, 0.3) is 0 Å². The molecule has 0 saturated carbocycles. The van der Waals surface area contributed by atoms with Crippen LogP contribution in [0, 0.1) is 0 Å². The number of aliphatic hydroxyl groups excluding tert-OH is 1. The fourth-order valence-electron chi connectivity index (χ4n) is 2.19. The molecule has 0 aromatic heterocycles. The van der Waals surface area contributed by atoms with Crippen LogP contribution in [0.2, 0.25) is 0 Å². The number of benzene rings is 2. The predicted molar refractivity (Wildman–Crippen MR) is 113 cm³/mol. The van der Waals surface area contributed by atoms with Gasteiger partial charge in [-0.2, -0.15) is 8.42 Å². The lowest BCUT2D eigenvalue weighted by atomic mass is 10.2. The van der Waals surface area contributed by atoms with Gasteiger partial charge in [0.1, 0.15) is 0 Å². The van der Waals surface area contributed by atoms with Gasteiger partial charge in [-0.3, -0.25) is 14.0 Å². The molecule has 2 aromatic rings. The van der Waals surface area contributed by atoms with Crippen molar-refractivity contribution >= 4 is 10.1 Å². The fraction of sp³-hybridized carbons (Fsp3) is 0.429. The van der Waals surface area contributed by atoms with E-state index in [0.717, 1.165) is 17.4 Å². The Morgan fingerprint density at radius 1 is 0.893 bits per heavy atom. The molecule has 2 rings (SSSR count). The minimum absolute atomic E-state index is 0.0124. The smallest absolute Gasteiger partial charge is 0.264 e. The molecular formula is C21H32N2O4S. The van der Waals surface area contributed by atoms with Crippen LogP contribution in [0.1, 0.15) is 19.4 Å². The molecule has 0 radical (unpaired) electrons. The van der Waals surface area contributed by atoms with Crippen LogP contribution < -0.4 is 0 Å². The van der Waals surface area contributed by atoms with Crippen LogP contribution in [0.5, 0.6) is 0 Å². The quantitative estimate of drug-likeness (QED) is 0.601. The van der Waals surface area contributed by atoms with Crippen LogP contribution in [0.3, 0.4) is 0 Å². The molecule has 6 nitrogen and oxygen atoms in total. The van der Waals surface area contributed by atoms with Crippen molar-refractivity contribution in [3.63, 3.8) is 0 Å². The Labute approximate surface area is 177 Å². The average Bonchev–Trinajstić information content (AvgIpc) is 2.72. The molecule has 0 amide bonds. The molecule has 0 fully saturated rings. The van der Waals surface area contributed by atoms with Gasteiger partial charge in [0, 0.05) is 34.4 Å². The Hall–Kier alpha value is -1.77. The maximum absolute atomic E-state index is 10.8. The van der Waals surface area contributed by atoms with Gasteiger partial charge in [0.25, 0.3) is 10.1 Å². The summed E-state index contributed by atoms with van der Waals surface area (Å²) in [6.45, 7) is -4.06. The zero-order valence-corrected chi connectivity index (χ0v) is 16.8. The van der Waals surface area contributed by atoms with Crippen LogP contribution >= 0.6 is 0 Å². The van der Waals surface area contributed by atoms with Crippen molar-refractivity contribution in [2.45, 2.75) is 13.1 Å². The zero-order valence-electron chi connectivity index (χ0n) is 22.0. The van der Waals surface area contributed by atoms with E-state index in [1.807, 2.05) is 60.7 Å². The molecule has 0 atom stereocenters. The molecule has 28 heavy (non-hydrogen) atoms. The second-order valence-electron chi connectivity index (χ2n) is 6.06. The third-order valence-electron chi connectivity index (χ3n) is 3.46. The lowest BCUT2D eigenvalue weighted by Gasteiger charge is -2.15. The molecule has 0 aliphatic carbocycles. The minimum Gasteiger partial charge on any atom is -0.395 e. The van der Waals surface area contributed by atoms with E-state index in [-0.39, 0.29) is 32.8 Å². The number of aliphatic hydroxyl groups is 1. The highest BCUT2D eigenvalue weighted by Crippen LogP contribution is 2.02. The van der Waals surface area contributed by atoms with Gasteiger partial charge >= 0.3 is 0 Å². The molecule has 0 aliphatic heterocycles. The Balaban J connectivity index is 0.000000350. The number of hydrogen-bond donors (Lipinski definition) is 1. The maximum Gasteiger partial charge on any atom is 0.264 e. The van der Waals surface area contributed by atoms with Gasteiger partial charge in [-0.1, -0.05) is 60.7 Å². The number of hydrogen-bond acceptors (Lipinski definition) is 6. The highest BCUT2D eigenvalue weighted by Gasteiger charge is 2.04. The van der Waals surface area contributed by atoms with Crippen LogP contribution in [0.15, 0.2) is 60.7 Å². The molecule has 0 spiro atoms. The largest absolute Gasteiger partial charge is 0.395 e. The van der Waals surface area contributed by atoms with Gasteiger partial charge in [-0.25, -0.2) is 0 Å². The van der Waals surface area contributed by atoms with Gasteiger partial charge in [0.05, 0.1) is 19.5 Å². The standard InChI is InChI=1S/C11H17NO3S.C10H15NO/c1-12(8-9-15-16(2,13)14)10-11-6-4-3-5-7-11;1-11(7-8-12)9-10-5-3-2-4-6-10/h3-7H,8-10H2,1-2H3;2-6,12H,7-9H2,1H3/i2*1D3. The number of rotatable bonds is 10. The van der Waals surface area contributed by atoms with E-state index < -0.39 is 24.1 Å². The van der Waals surface area contributed by atoms with Gasteiger partial charge in [0.15, 0.2) is 0 Å². The molecule has 0 saturated heterocycles. The summed E-state index contributed by atoms with van der Waals surface area (Å²) in [4.78, 5) is 2.48. The van der Waals surface area contributed by atoms with Crippen molar-refractivity contribution < 1.29 is 25.9 Å². The molecule has 7 heteroatoms. The highest BCUT2D eigenvalue weighted by molar-refractivity contribution is 7.85. The summed E-state index contributed by atoms with van der Waals surface area (Å²) >= 11 is 0. The minimum atomic E-state index is -3.55. The molecule has 0 heterocycles. The topological polar surface area (TPSA) is 70.1 Å². The van der Waals surface area contributed by atoms with E-state index in [4.69, 9.17) is 13.3 Å². The Morgan fingerprint density at radius 3 is 1.75 bits per heavy atom. The Bertz CT molecular complexity index is 926. The second-order valence-corrected chi connectivity index (χ2v) is 7.71. The normalized spacial score (nSPS) is 15.4. The predicted octanol–water partition coefficient (Wildman–Crippen LogP) is 2.21. The lowest BCUT2D eigenvalue weighted by Crippen LogP contribution is -2.23. The summed E-state index contributed by atoms with van der Waals surface area (Å²) in [5.74, 6) is 0. The van der Waals surface area contributed by atoms with Crippen LogP contribution in [0.4, 0.5) is 0 Å². The van der Waals surface area contributed by atoms with Crippen LogP contribution in [-0.2, 0) is 27.4 Å². The summed E-state index contributed by atoms with van der Waals surface area (Å²) in [7, 11) is -3.55. The van der Waals surface area contributed by atoms with E-state index in [9.17, 15) is 8.42 Å². The number of likely N-dealkylation sites (N-methyl/N-ethyl adjacent to an activating group) is 2. The molecule has 1 N–H and O–H groups in total. The number of nitrogens with zero attached hydrogens (tertiary/aromatic N) is 2. The van der Waals surface area contributed by atoms with E-state index in [1.165, 1.54) is 9.80 Å². The van der Waals surface area contributed by atoms with E-state index in [1.54, 1.807) is 0 Å². The van der Waals surface area contributed by atoms with Crippen molar-refractivity contribution in [2.24, 2.45) is 0 Å². The van der Waals surface area contributed by atoms with Crippen molar-refractivity contribution in [2.75, 3.05) is 46.5 Å². The first-order valence-electron chi connectivity index (χ1n) is 11.8. The Kier molecular flexibility index (Phi) is 7.70. The van der Waals surface area contributed by atoms with Crippen molar-refractivity contribution in [1.29, 1.82) is 0 Å². The van der Waals surface area contributed by atoms with E-state index in [2.05, 4.69) is 4.18 Å². The summed E-state index contributed by atoms with van der Waals surface area (Å²) in [5.41, 5.74) is 1.78. The van der Waals surface area contributed by atoms with Crippen molar-refractivity contribution in [3.8, 4) is 0 Å². The molecular weight excluding hydrogens is 376 g/mol.